The molecule has 0 fully saturated rings. The molecule has 4 heteroatoms. The topological polar surface area (TPSA) is 34.1 Å². The molecular weight excluding hydrogens is 280 g/mol. The predicted molar refractivity (Wildman–Crippen MR) is 89.1 cm³/mol. The fraction of sp³-hybridized carbons (Fsp3) is 0.353. The number of hydrogen-bond acceptors (Lipinski definition) is 4. The molecule has 2 aromatic rings. The Labute approximate surface area is 131 Å². The highest BCUT2D eigenvalue weighted by Gasteiger charge is 2.13. The zero-order valence-electron chi connectivity index (χ0n) is 13.0. The molecule has 1 aromatic heterocycles. The van der Waals surface area contributed by atoms with Gasteiger partial charge in [0, 0.05) is 28.7 Å². The summed E-state index contributed by atoms with van der Waals surface area (Å²) in [7, 11) is 0. The number of nitrogens with one attached hydrogen (secondary N) is 1. The van der Waals surface area contributed by atoms with Crippen LogP contribution in [0.3, 0.4) is 0 Å². The Balaban J connectivity index is 2.20. The number of aromatic nitrogens is 1. The molecule has 21 heavy (non-hydrogen) atoms. The van der Waals surface area contributed by atoms with Crippen molar-refractivity contribution >= 4 is 11.8 Å². The smallest absolute Gasteiger partial charge is 0.223 e. The van der Waals surface area contributed by atoms with Crippen LogP contribution in [0, 0.1) is 0 Å². The van der Waals surface area contributed by atoms with E-state index in [-0.39, 0.29) is 5.54 Å². The lowest BCUT2D eigenvalue weighted by atomic mass is 10.1. The van der Waals surface area contributed by atoms with Crippen molar-refractivity contribution in [3.05, 3.63) is 48.2 Å². The van der Waals surface area contributed by atoms with Crippen LogP contribution in [0.25, 0.3) is 0 Å². The highest BCUT2D eigenvalue weighted by Crippen LogP contribution is 2.31. The minimum atomic E-state index is 0.0598. The molecule has 0 radical (unpaired) electrons. The third kappa shape index (κ3) is 4.76. The van der Waals surface area contributed by atoms with Gasteiger partial charge in [0.15, 0.2) is 0 Å². The van der Waals surface area contributed by atoms with Crippen molar-refractivity contribution in [1.82, 2.24) is 10.3 Å². The molecule has 0 unspecified atom stereocenters. The SMILES string of the molecule is CSc1ccccc1Oc1ncccc1CNC(C)(C)C. The first-order chi connectivity index (χ1) is 9.99. The van der Waals surface area contributed by atoms with Gasteiger partial charge in [0.25, 0.3) is 0 Å². The molecule has 0 aliphatic carbocycles. The summed E-state index contributed by atoms with van der Waals surface area (Å²) in [5, 5.41) is 3.47. The Morgan fingerprint density at radius 1 is 1.14 bits per heavy atom. The van der Waals surface area contributed by atoms with Gasteiger partial charge in [-0.25, -0.2) is 4.98 Å². The first kappa shape index (κ1) is 15.9. The van der Waals surface area contributed by atoms with Gasteiger partial charge >= 0.3 is 0 Å². The summed E-state index contributed by atoms with van der Waals surface area (Å²) in [6, 6.07) is 12.0. The Kier molecular flexibility index (Phi) is 5.26. The summed E-state index contributed by atoms with van der Waals surface area (Å²) in [6.45, 7) is 7.17. The van der Waals surface area contributed by atoms with Gasteiger partial charge in [0.05, 0.1) is 0 Å². The summed E-state index contributed by atoms with van der Waals surface area (Å²) in [5.41, 5.74) is 1.12. The van der Waals surface area contributed by atoms with Gasteiger partial charge in [-0.05, 0) is 45.2 Å². The number of rotatable bonds is 5. The van der Waals surface area contributed by atoms with Gasteiger partial charge in [-0.2, -0.15) is 0 Å². The average Bonchev–Trinajstić information content (AvgIpc) is 2.46. The van der Waals surface area contributed by atoms with Crippen LogP contribution in [0.2, 0.25) is 0 Å². The van der Waals surface area contributed by atoms with Gasteiger partial charge in [-0.3, -0.25) is 0 Å². The molecule has 0 saturated heterocycles. The van der Waals surface area contributed by atoms with Crippen LogP contribution >= 0.6 is 11.8 Å². The Morgan fingerprint density at radius 2 is 1.90 bits per heavy atom. The third-order valence-electron chi connectivity index (χ3n) is 2.93. The second-order valence-electron chi connectivity index (χ2n) is 5.82. The molecule has 3 nitrogen and oxygen atoms in total. The van der Waals surface area contributed by atoms with Crippen molar-refractivity contribution < 1.29 is 4.74 Å². The van der Waals surface area contributed by atoms with Gasteiger partial charge in [-0.15, -0.1) is 11.8 Å². The highest BCUT2D eigenvalue weighted by atomic mass is 32.2. The normalized spacial score (nSPS) is 11.4. The zero-order valence-corrected chi connectivity index (χ0v) is 13.8. The fourth-order valence-electron chi connectivity index (χ4n) is 1.82. The van der Waals surface area contributed by atoms with E-state index in [1.807, 2.05) is 36.6 Å². The second kappa shape index (κ2) is 6.96. The number of benzene rings is 1. The van der Waals surface area contributed by atoms with Crippen LogP contribution in [0.1, 0.15) is 26.3 Å². The number of ether oxygens (including phenoxy) is 1. The van der Waals surface area contributed by atoms with Gasteiger partial charge in [0.2, 0.25) is 5.88 Å². The maximum absolute atomic E-state index is 6.02. The minimum absolute atomic E-state index is 0.0598. The maximum atomic E-state index is 6.02. The lowest BCUT2D eigenvalue weighted by Crippen LogP contribution is -2.35. The molecule has 1 heterocycles. The summed E-state index contributed by atoms with van der Waals surface area (Å²) >= 11 is 1.67. The van der Waals surface area contributed by atoms with Gasteiger partial charge in [0.1, 0.15) is 5.75 Å². The largest absolute Gasteiger partial charge is 0.438 e. The van der Waals surface area contributed by atoms with Crippen LogP contribution < -0.4 is 10.1 Å². The number of pyridine rings is 1. The summed E-state index contributed by atoms with van der Waals surface area (Å²) in [4.78, 5) is 5.49. The monoisotopic (exact) mass is 302 g/mol. The molecule has 0 spiro atoms. The van der Waals surface area contributed by atoms with Crippen molar-refractivity contribution in [2.75, 3.05) is 6.26 Å². The lowest BCUT2D eigenvalue weighted by molar-refractivity contribution is 0.407. The number of para-hydroxylation sites is 1. The van der Waals surface area contributed by atoms with Crippen LogP contribution in [-0.4, -0.2) is 16.8 Å². The van der Waals surface area contributed by atoms with Crippen molar-refractivity contribution in [2.45, 2.75) is 37.8 Å². The fourth-order valence-corrected chi connectivity index (χ4v) is 2.34. The van der Waals surface area contributed by atoms with E-state index >= 15 is 0 Å². The minimum Gasteiger partial charge on any atom is -0.438 e. The summed E-state index contributed by atoms with van der Waals surface area (Å²) < 4.78 is 6.02. The summed E-state index contributed by atoms with van der Waals surface area (Å²) in [5.74, 6) is 1.51. The second-order valence-corrected chi connectivity index (χ2v) is 6.67. The molecule has 0 amide bonds. The predicted octanol–water partition coefficient (Wildman–Crippen LogP) is 4.48. The standard InChI is InChI=1S/C17H22N2OS/c1-17(2,3)19-12-13-8-7-11-18-16(13)20-14-9-5-6-10-15(14)21-4/h5-11,19H,12H2,1-4H3. The van der Waals surface area contributed by atoms with Crippen molar-refractivity contribution in [3.8, 4) is 11.6 Å². The molecule has 1 aromatic carbocycles. The first-order valence-corrected chi connectivity index (χ1v) is 8.22. The van der Waals surface area contributed by atoms with Gasteiger partial charge < -0.3 is 10.1 Å². The van der Waals surface area contributed by atoms with E-state index in [0.29, 0.717) is 5.88 Å². The van der Waals surface area contributed by atoms with Crippen molar-refractivity contribution in [3.63, 3.8) is 0 Å². The zero-order chi connectivity index (χ0) is 15.3. The number of hydrogen-bond donors (Lipinski definition) is 1. The van der Waals surface area contributed by atoms with Crippen LogP contribution in [0.15, 0.2) is 47.5 Å². The van der Waals surface area contributed by atoms with E-state index in [2.05, 4.69) is 37.1 Å². The molecule has 1 N–H and O–H groups in total. The summed E-state index contributed by atoms with van der Waals surface area (Å²) in [6.07, 6.45) is 3.81. The molecule has 0 bridgehead atoms. The molecule has 0 aliphatic rings. The Hall–Kier alpha value is -1.52. The highest BCUT2D eigenvalue weighted by molar-refractivity contribution is 7.98. The van der Waals surface area contributed by atoms with E-state index in [1.54, 1.807) is 18.0 Å². The number of nitrogens with zero attached hydrogens (tertiary/aromatic N) is 1. The van der Waals surface area contributed by atoms with Crippen LogP contribution in [0.4, 0.5) is 0 Å². The molecular formula is C17H22N2OS. The third-order valence-corrected chi connectivity index (χ3v) is 3.71. The van der Waals surface area contributed by atoms with E-state index in [9.17, 15) is 0 Å². The van der Waals surface area contributed by atoms with E-state index in [0.717, 1.165) is 22.8 Å². The van der Waals surface area contributed by atoms with Crippen molar-refractivity contribution in [1.29, 1.82) is 0 Å². The Morgan fingerprint density at radius 3 is 2.62 bits per heavy atom. The van der Waals surface area contributed by atoms with E-state index in [1.165, 1.54) is 0 Å². The first-order valence-electron chi connectivity index (χ1n) is 6.99. The van der Waals surface area contributed by atoms with E-state index in [4.69, 9.17) is 4.74 Å². The molecule has 0 atom stereocenters. The molecule has 2 rings (SSSR count). The Bertz CT molecular complexity index is 593. The molecule has 0 saturated carbocycles. The quantitative estimate of drug-likeness (QED) is 0.826. The average molecular weight is 302 g/mol. The van der Waals surface area contributed by atoms with Crippen LogP contribution in [-0.2, 0) is 6.54 Å². The van der Waals surface area contributed by atoms with Gasteiger partial charge in [-0.1, -0.05) is 18.2 Å². The van der Waals surface area contributed by atoms with Crippen molar-refractivity contribution in [2.24, 2.45) is 0 Å². The van der Waals surface area contributed by atoms with E-state index < -0.39 is 0 Å². The lowest BCUT2D eigenvalue weighted by Gasteiger charge is -2.21. The number of thioether (sulfide) groups is 1. The molecule has 112 valence electrons. The molecule has 0 aliphatic heterocycles. The van der Waals surface area contributed by atoms with Crippen LogP contribution in [0.5, 0.6) is 11.6 Å². The maximum Gasteiger partial charge on any atom is 0.223 e.